The van der Waals surface area contributed by atoms with Gasteiger partial charge in [0.25, 0.3) is 11.8 Å². The van der Waals surface area contributed by atoms with E-state index in [0.717, 1.165) is 19.3 Å². The summed E-state index contributed by atoms with van der Waals surface area (Å²) in [6.45, 7) is 0.557. The summed E-state index contributed by atoms with van der Waals surface area (Å²) in [5.41, 5.74) is 1.96. The lowest BCUT2D eigenvalue weighted by Crippen LogP contribution is -2.35. The smallest absolute Gasteiger partial charge is 0.253 e. The van der Waals surface area contributed by atoms with Crippen LogP contribution in [0.15, 0.2) is 30.1 Å². The first kappa shape index (κ1) is 19.5. The number of allylic oxidation sites excluding steroid dienone is 1. The molecule has 0 aromatic carbocycles. The van der Waals surface area contributed by atoms with Crippen molar-refractivity contribution in [1.82, 2.24) is 15.6 Å². The monoisotopic (exact) mass is 391 g/mol. The Kier molecular flexibility index (Phi) is 6.26. The molecular weight excluding hydrogens is 366 g/mol. The maximum Gasteiger partial charge on any atom is 0.253 e. The molecule has 0 saturated carbocycles. The van der Waals surface area contributed by atoms with Gasteiger partial charge in [0.2, 0.25) is 0 Å². The zero-order chi connectivity index (χ0) is 19.3. The van der Waals surface area contributed by atoms with Crippen LogP contribution in [-0.4, -0.2) is 49.3 Å². The number of nitrogens with zero attached hydrogens (tertiary/aromatic N) is 1. The number of carbonyl (C=O) groups is 2. The summed E-state index contributed by atoms with van der Waals surface area (Å²) in [5.74, 6) is -0.624. The van der Waals surface area contributed by atoms with Gasteiger partial charge in [0.1, 0.15) is 0 Å². The van der Waals surface area contributed by atoms with E-state index < -0.39 is 15.7 Å². The zero-order valence-corrected chi connectivity index (χ0v) is 16.1. The fourth-order valence-corrected chi connectivity index (χ4v) is 5.11. The number of hydrogen-bond acceptors (Lipinski definition) is 5. The van der Waals surface area contributed by atoms with Gasteiger partial charge < -0.3 is 10.6 Å². The lowest BCUT2D eigenvalue weighted by atomic mass is 9.97. The van der Waals surface area contributed by atoms with Gasteiger partial charge in [-0.15, -0.1) is 0 Å². The van der Waals surface area contributed by atoms with Crippen LogP contribution in [0.2, 0.25) is 0 Å². The van der Waals surface area contributed by atoms with Gasteiger partial charge in [0.15, 0.2) is 9.84 Å². The van der Waals surface area contributed by atoms with Crippen LogP contribution in [0.3, 0.4) is 0 Å². The van der Waals surface area contributed by atoms with Crippen molar-refractivity contribution < 1.29 is 18.0 Å². The summed E-state index contributed by atoms with van der Waals surface area (Å²) in [6, 6.07) is 1.10. The first-order valence-corrected chi connectivity index (χ1v) is 11.2. The van der Waals surface area contributed by atoms with E-state index in [9.17, 15) is 18.0 Å². The van der Waals surface area contributed by atoms with E-state index >= 15 is 0 Å². The predicted octanol–water partition coefficient (Wildman–Crippen LogP) is 1.62. The number of aromatic nitrogens is 1. The number of carbonyl (C=O) groups excluding carboxylic acids is 2. The molecule has 0 radical (unpaired) electrons. The molecule has 7 nitrogen and oxygen atoms in total. The molecule has 1 saturated heterocycles. The minimum absolute atomic E-state index is 0.0395. The summed E-state index contributed by atoms with van der Waals surface area (Å²) >= 11 is 0. The molecule has 1 aliphatic carbocycles. The standard InChI is InChI=1S/C19H25N3O4S/c23-18(21-8-6-14-4-2-1-3-5-14)15-10-16(12-20-11-15)19(24)22-17-7-9-27(25,26)13-17/h4,10-12,17H,1-3,5-9,13H2,(H,21,23)(H,22,24). The number of hydrogen-bond donors (Lipinski definition) is 2. The fourth-order valence-electron chi connectivity index (χ4n) is 3.44. The van der Waals surface area contributed by atoms with Crippen LogP contribution in [0.4, 0.5) is 0 Å². The highest BCUT2D eigenvalue weighted by Crippen LogP contribution is 2.19. The normalized spacial score (nSPS) is 21.3. The van der Waals surface area contributed by atoms with E-state index in [2.05, 4.69) is 21.7 Å². The molecule has 2 aliphatic rings. The summed E-state index contributed by atoms with van der Waals surface area (Å²) in [4.78, 5) is 28.6. The molecule has 1 fully saturated rings. The lowest BCUT2D eigenvalue weighted by Gasteiger charge is -2.13. The van der Waals surface area contributed by atoms with Crippen molar-refractivity contribution in [3.8, 4) is 0 Å². The molecule has 27 heavy (non-hydrogen) atoms. The van der Waals surface area contributed by atoms with Crippen LogP contribution in [0, 0.1) is 0 Å². The molecule has 3 rings (SSSR count). The van der Waals surface area contributed by atoms with Crippen LogP contribution >= 0.6 is 0 Å². The third-order valence-corrected chi connectivity index (χ3v) is 6.71. The topological polar surface area (TPSA) is 105 Å². The van der Waals surface area contributed by atoms with Gasteiger partial charge in [-0.05, 0) is 44.6 Å². The minimum atomic E-state index is -3.06. The molecule has 1 unspecified atom stereocenters. The lowest BCUT2D eigenvalue weighted by molar-refractivity contribution is 0.0940. The number of amides is 2. The van der Waals surface area contributed by atoms with Crippen molar-refractivity contribution in [3.63, 3.8) is 0 Å². The quantitative estimate of drug-likeness (QED) is 0.717. The molecule has 0 spiro atoms. The van der Waals surface area contributed by atoms with E-state index in [4.69, 9.17) is 0 Å². The van der Waals surface area contributed by atoms with Gasteiger partial charge in [0, 0.05) is 25.0 Å². The van der Waals surface area contributed by atoms with Gasteiger partial charge in [-0.1, -0.05) is 11.6 Å². The highest BCUT2D eigenvalue weighted by molar-refractivity contribution is 7.91. The molecule has 1 atom stereocenters. The van der Waals surface area contributed by atoms with Crippen LogP contribution in [0.1, 0.15) is 59.2 Å². The largest absolute Gasteiger partial charge is 0.352 e. The minimum Gasteiger partial charge on any atom is -0.352 e. The Labute approximate surface area is 159 Å². The molecule has 2 N–H and O–H groups in total. The maximum atomic E-state index is 12.3. The van der Waals surface area contributed by atoms with Crippen molar-refractivity contribution in [1.29, 1.82) is 0 Å². The van der Waals surface area contributed by atoms with E-state index in [1.54, 1.807) is 0 Å². The molecule has 1 aromatic heterocycles. The van der Waals surface area contributed by atoms with Crippen molar-refractivity contribution >= 4 is 21.7 Å². The van der Waals surface area contributed by atoms with Crippen LogP contribution in [0.25, 0.3) is 0 Å². The third kappa shape index (κ3) is 5.63. The third-order valence-electron chi connectivity index (χ3n) is 4.95. The molecular formula is C19H25N3O4S. The van der Waals surface area contributed by atoms with Crippen molar-refractivity contribution in [3.05, 3.63) is 41.2 Å². The SMILES string of the molecule is O=C(NCCC1=CCCCC1)c1cncc(C(=O)NC2CCS(=O)(=O)C2)c1. The number of pyridine rings is 1. The predicted molar refractivity (Wildman–Crippen MR) is 102 cm³/mol. The fraction of sp³-hybridized carbons (Fsp3) is 0.526. The molecule has 146 valence electrons. The average Bonchev–Trinajstić information content (AvgIpc) is 3.01. The van der Waals surface area contributed by atoms with Crippen LogP contribution in [-0.2, 0) is 9.84 Å². The molecule has 8 heteroatoms. The van der Waals surface area contributed by atoms with Crippen LogP contribution < -0.4 is 10.6 Å². The highest BCUT2D eigenvalue weighted by atomic mass is 32.2. The number of sulfone groups is 1. The number of rotatable bonds is 6. The Bertz CT molecular complexity index is 848. The Morgan fingerprint density at radius 1 is 1.15 bits per heavy atom. The molecule has 1 aliphatic heterocycles. The van der Waals surface area contributed by atoms with E-state index in [1.165, 1.54) is 36.9 Å². The van der Waals surface area contributed by atoms with E-state index in [-0.39, 0.29) is 29.0 Å². The zero-order valence-electron chi connectivity index (χ0n) is 15.2. The summed E-state index contributed by atoms with van der Waals surface area (Å²) in [6.07, 6.45) is 11.0. The van der Waals surface area contributed by atoms with Gasteiger partial charge in [-0.3, -0.25) is 14.6 Å². The summed E-state index contributed by atoms with van der Waals surface area (Å²) in [7, 11) is -3.06. The second kappa shape index (κ2) is 8.65. The first-order chi connectivity index (χ1) is 12.9. The summed E-state index contributed by atoms with van der Waals surface area (Å²) in [5, 5.41) is 5.57. The van der Waals surface area contributed by atoms with Crippen molar-refractivity contribution in [2.24, 2.45) is 0 Å². The maximum absolute atomic E-state index is 12.3. The van der Waals surface area contributed by atoms with Crippen molar-refractivity contribution in [2.45, 2.75) is 44.6 Å². The number of nitrogens with one attached hydrogen (secondary N) is 2. The second-order valence-corrected chi connectivity index (χ2v) is 9.38. The van der Waals surface area contributed by atoms with Gasteiger partial charge in [-0.25, -0.2) is 8.42 Å². The van der Waals surface area contributed by atoms with Crippen molar-refractivity contribution in [2.75, 3.05) is 18.1 Å². The van der Waals surface area contributed by atoms with E-state index in [1.807, 2.05) is 0 Å². The van der Waals surface area contributed by atoms with Gasteiger partial charge >= 0.3 is 0 Å². The van der Waals surface area contributed by atoms with Gasteiger partial charge in [0.05, 0.1) is 22.6 Å². The first-order valence-electron chi connectivity index (χ1n) is 9.35. The molecule has 2 amide bonds. The Balaban J connectivity index is 1.53. The second-order valence-electron chi connectivity index (χ2n) is 7.15. The Morgan fingerprint density at radius 2 is 1.93 bits per heavy atom. The summed E-state index contributed by atoms with van der Waals surface area (Å²) < 4.78 is 23.0. The molecule has 2 heterocycles. The molecule has 0 bridgehead atoms. The molecule has 1 aromatic rings. The van der Waals surface area contributed by atoms with E-state index in [0.29, 0.717) is 18.5 Å². The average molecular weight is 391 g/mol. The Morgan fingerprint density at radius 3 is 2.59 bits per heavy atom. The van der Waals surface area contributed by atoms with Crippen LogP contribution in [0.5, 0.6) is 0 Å². The van der Waals surface area contributed by atoms with Gasteiger partial charge in [-0.2, -0.15) is 0 Å². The highest BCUT2D eigenvalue weighted by Gasteiger charge is 2.29. The Hall–Kier alpha value is -2.22.